The van der Waals surface area contributed by atoms with E-state index in [1.807, 2.05) is 24.3 Å². The molecule has 0 aliphatic heterocycles. The van der Waals surface area contributed by atoms with Crippen LogP contribution in [0, 0.1) is 62.1 Å². The number of aromatic nitrogens is 3. The number of ether oxygens (including phenoxy) is 1. The van der Waals surface area contributed by atoms with Gasteiger partial charge in [-0.1, -0.05) is 63.7 Å². The van der Waals surface area contributed by atoms with Crippen LogP contribution in [-0.4, -0.2) is 44.3 Å². The van der Waals surface area contributed by atoms with Gasteiger partial charge < -0.3 is 14.7 Å². The van der Waals surface area contributed by atoms with Crippen molar-refractivity contribution in [2.24, 2.45) is 62.1 Å². The van der Waals surface area contributed by atoms with Crippen molar-refractivity contribution >= 4 is 28.9 Å². The highest BCUT2D eigenvalue weighted by atomic mass is 16.7. The van der Waals surface area contributed by atoms with Crippen molar-refractivity contribution in [1.82, 2.24) is 15.2 Å². The third kappa shape index (κ3) is 5.16. The maximum atomic E-state index is 14.5. The van der Waals surface area contributed by atoms with E-state index in [2.05, 4.69) is 58.4 Å². The van der Waals surface area contributed by atoms with Crippen LogP contribution in [0.3, 0.4) is 0 Å². The quantitative estimate of drug-likeness (QED) is 0.173. The molecule has 5 aliphatic rings. The third-order valence-corrected chi connectivity index (χ3v) is 16.3. The fourth-order valence-corrected chi connectivity index (χ4v) is 13.5. The van der Waals surface area contributed by atoms with Gasteiger partial charge in [-0.3, -0.25) is 9.59 Å². The largest absolute Gasteiger partial charge is 0.481 e. The second kappa shape index (κ2) is 11.9. The Labute approximate surface area is 303 Å². The lowest BCUT2D eigenvalue weighted by atomic mass is 9.32. The van der Waals surface area contributed by atoms with E-state index < -0.39 is 22.8 Å². The summed E-state index contributed by atoms with van der Waals surface area (Å²) in [5, 5.41) is 17.9. The molecule has 10 atom stereocenters. The number of carbonyl (C=O) groups excluding carboxylic acids is 2. The second-order valence-electron chi connectivity index (χ2n) is 19.4. The molecule has 7 rings (SSSR count). The van der Waals surface area contributed by atoms with Crippen molar-refractivity contribution in [3.8, 4) is 0 Å². The van der Waals surface area contributed by atoms with Crippen LogP contribution >= 0.6 is 0 Å². The van der Waals surface area contributed by atoms with Gasteiger partial charge in [0, 0.05) is 5.41 Å². The van der Waals surface area contributed by atoms with Crippen LogP contribution in [0.15, 0.2) is 36.4 Å². The summed E-state index contributed by atoms with van der Waals surface area (Å²) in [5.74, 6) is 0.131. The summed E-state index contributed by atoms with van der Waals surface area (Å²) in [6.07, 6.45) is 9.20. The number of rotatable bonds is 7. The molecule has 0 unspecified atom stereocenters. The summed E-state index contributed by atoms with van der Waals surface area (Å²) in [6, 6.07) is 7.59. The van der Waals surface area contributed by atoms with Crippen molar-refractivity contribution in [2.45, 2.75) is 132 Å². The van der Waals surface area contributed by atoms with Crippen LogP contribution in [-0.2, 0) is 19.1 Å². The average Bonchev–Trinajstić information content (AvgIpc) is 3.65. The smallest absolute Gasteiger partial charge is 0.341 e. The molecule has 5 fully saturated rings. The number of fused-ring (bicyclic) bond motifs is 8. The van der Waals surface area contributed by atoms with Crippen LogP contribution < -0.4 is 4.84 Å². The summed E-state index contributed by atoms with van der Waals surface area (Å²) < 4.78 is 6.24. The second-order valence-corrected chi connectivity index (χ2v) is 19.4. The number of allylic oxidation sites excluding steroid dienone is 1. The van der Waals surface area contributed by atoms with Gasteiger partial charge in [0.2, 0.25) is 0 Å². The number of nitrogens with zero attached hydrogens (tertiary/aromatic N) is 3. The molecular weight excluding hydrogens is 642 g/mol. The SMILES string of the molecule is C=C(C)[C@@H]1CC[C@]2(C(=O)On3nnc4ccccc43)CC[C@]3(C)[C@H](CC[C@@H]4[C@@]5(C)CC[C@H](OC(=O)C(C)(C)CC(=O)O)C(C)(C)[C@@H]5CC[C@]43C)[C@@H]12. The van der Waals surface area contributed by atoms with Crippen molar-refractivity contribution < 1.29 is 29.1 Å². The van der Waals surface area contributed by atoms with Crippen molar-refractivity contribution in [2.75, 3.05) is 0 Å². The Morgan fingerprint density at radius 2 is 1.65 bits per heavy atom. The lowest BCUT2D eigenvalue weighted by Crippen LogP contribution is -2.67. The minimum Gasteiger partial charge on any atom is -0.481 e. The van der Waals surface area contributed by atoms with E-state index in [9.17, 15) is 19.5 Å². The molecule has 0 spiro atoms. The molecule has 0 bridgehead atoms. The molecule has 5 saturated carbocycles. The molecule has 9 nitrogen and oxygen atoms in total. The predicted molar refractivity (Wildman–Crippen MR) is 194 cm³/mol. The van der Waals surface area contributed by atoms with E-state index in [0.717, 1.165) is 64.2 Å². The Morgan fingerprint density at radius 3 is 2.35 bits per heavy atom. The predicted octanol–water partition coefficient (Wildman–Crippen LogP) is 8.46. The molecule has 9 heteroatoms. The molecular formula is C42H59N3O6. The zero-order valence-electron chi connectivity index (χ0n) is 32.1. The van der Waals surface area contributed by atoms with E-state index in [0.29, 0.717) is 28.8 Å². The molecule has 278 valence electrons. The van der Waals surface area contributed by atoms with Crippen molar-refractivity contribution in [3.63, 3.8) is 0 Å². The maximum absolute atomic E-state index is 14.5. The molecule has 1 heterocycles. The van der Waals surface area contributed by atoms with Crippen LogP contribution in [0.1, 0.15) is 126 Å². The number of esters is 1. The monoisotopic (exact) mass is 701 g/mol. The number of hydrogen-bond acceptors (Lipinski definition) is 7. The molecule has 51 heavy (non-hydrogen) atoms. The molecule has 1 aromatic heterocycles. The summed E-state index contributed by atoms with van der Waals surface area (Å²) in [5.41, 5.74) is 0.892. The Kier molecular flexibility index (Phi) is 8.43. The van der Waals surface area contributed by atoms with Crippen molar-refractivity contribution in [3.05, 3.63) is 36.4 Å². The van der Waals surface area contributed by atoms with Gasteiger partial charge in [0.05, 0.1) is 17.3 Å². The van der Waals surface area contributed by atoms with E-state index in [1.165, 1.54) is 10.4 Å². The van der Waals surface area contributed by atoms with Gasteiger partial charge in [-0.05, 0) is 148 Å². The first-order valence-corrected chi connectivity index (χ1v) is 19.4. The van der Waals surface area contributed by atoms with Gasteiger partial charge in [-0.2, -0.15) is 0 Å². The zero-order chi connectivity index (χ0) is 36.9. The molecule has 5 aliphatic carbocycles. The number of carboxylic acids is 1. The summed E-state index contributed by atoms with van der Waals surface area (Å²) in [7, 11) is 0. The minimum absolute atomic E-state index is 0.0463. The van der Waals surface area contributed by atoms with Crippen LogP contribution in [0.4, 0.5) is 0 Å². The molecule has 0 radical (unpaired) electrons. The fraction of sp³-hybridized carbons (Fsp3) is 0.738. The van der Waals surface area contributed by atoms with Gasteiger partial charge in [-0.25, -0.2) is 4.79 Å². The number of carboxylic acid groups (broad SMARTS) is 1. The number of carbonyl (C=O) groups is 3. The van der Waals surface area contributed by atoms with Crippen LogP contribution in [0.25, 0.3) is 11.0 Å². The van der Waals surface area contributed by atoms with Crippen LogP contribution in [0.5, 0.6) is 0 Å². The summed E-state index contributed by atoms with van der Waals surface area (Å²) in [4.78, 5) is 46.9. The zero-order valence-corrected chi connectivity index (χ0v) is 32.1. The first kappa shape index (κ1) is 36.1. The van der Waals surface area contributed by atoms with Gasteiger partial charge in [0.25, 0.3) is 0 Å². The van der Waals surface area contributed by atoms with Gasteiger partial charge in [0.15, 0.2) is 0 Å². The standard InChI is InChI=1S/C42H59N3O6/c1-25(2)26-16-21-42(36(49)51-45-29-13-11-10-12-28(29)43-44-45)23-22-40(8)27(34(26)42)14-15-31-39(7)19-18-32(50-35(48)37(3,4)24-33(46)47)38(5,6)30(39)17-20-41(31,40)9/h10-13,26-27,30-32,34H,1,14-24H2,2-9H3,(H,46,47)/t26-,27+,30-,31+,32-,34+,39-,40+,41+,42-/m0/s1. The minimum atomic E-state index is -1.08. The van der Waals surface area contributed by atoms with E-state index >= 15 is 0 Å². The third-order valence-electron chi connectivity index (χ3n) is 16.3. The number of aliphatic carboxylic acids is 1. The Morgan fingerprint density at radius 1 is 0.922 bits per heavy atom. The Balaban J connectivity index is 1.17. The Bertz CT molecular complexity index is 1760. The van der Waals surface area contributed by atoms with E-state index in [4.69, 9.17) is 9.57 Å². The highest BCUT2D eigenvalue weighted by Gasteiger charge is 2.72. The topological polar surface area (TPSA) is 121 Å². The van der Waals surface area contributed by atoms with Gasteiger partial charge in [-0.15, -0.1) is 5.10 Å². The van der Waals surface area contributed by atoms with Gasteiger partial charge in [0.1, 0.15) is 17.1 Å². The van der Waals surface area contributed by atoms with Gasteiger partial charge >= 0.3 is 17.9 Å². The molecule has 2 aromatic rings. The normalized spacial score (nSPS) is 39.9. The summed E-state index contributed by atoms with van der Waals surface area (Å²) >= 11 is 0. The van der Waals surface area contributed by atoms with Crippen molar-refractivity contribution in [1.29, 1.82) is 0 Å². The maximum Gasteiger partial charge on any atom is 0.341 e. The van der Waals surface area contributed by atoms with E-state index in [-0.39, 0.29) is 52.0 Å². The molecule has 1 N–H and O–H groups in total. The highest BCUT2D eigenvalue weighted by Crippen LogP contribution is 2.77. The summed E-state index contributed by atoms with van der Waals surface area (Å²) in [6.45, 7) is 22.2. The van der Waals surface area contributed by atoms with E-state index in [1.54, 1.807) is 13.8 Å². The fourth-order valence-electron chi connectivity index (χ4n) is 13.5. The van der Waals surface area contributed by atoms with Crippen LogP contribution in [0.2, 0.25) is 0 Å². The number of hydrogen-bond donors (Lipinski definition) is 1. The highest BCUT2D eigenvalue weighted by molar-refractivity contribution is 5.82. The molecule has 0 saturated heterocycles. The Hall–Kier alpha value is -3.23. The average molecular weight is 702 g/mol. The first-order chi connectivity index (χ1) is 23.8. The lowest BCUT2D eigenvalue weighted by Gasteiger charge is -2.72. The molecule has 1 aromatic carbocycles. The molecule has 0 amide bonds. The lowest BCUT2D eigenvalue weighted by molar-refractivity contribution is -0.252. The first-order valence-electron chi connectivity index (χ1n) is 19.4. The number of benzene rings is 1. The number of para-hydroxylation sites is 1.